The van der Waals surface area contributed by atoms with Crippen molar-refractivity contribution in [2.75, 3.05) is 20.2 Å². The van der Waals surface area contributed by atoms with Gasteiger partial charge in [-0.25, -0.2) is 0 Å². The molecule has 1 heterocycles. The van der Waals surface area contributed by atoms with Crippen molar-refractivity contribution in [3.63, 3.8) is 0 Å². The van der Waals surface area contributed by atoms with Gasteiger partial charge in [-0.2, -0.15) is 5.10 Å². The summed E-state index contributed by atoms with van der Waals surface area (Å²) in [5.41, 5.74) is 3.76. The van der Waals surface area contributed by atoms with Crippen LogP contribution in [-0.2, 0) is 31.2 Å². The van der Waals surface area contributed by atoms with Crippen molar-refractivity contribution in [3.05, 3.63) is 17.0 Å². The molecule has 0 atom stereocenters. The molecule has 1 aromatic heterocycles. The molecule has 2 rings (SSSR count). The van der Waals surface area contributed by atoms with E-state index in [9.17, 15) is 0 Å². The number of nitrogens with zero attached hydrogens (tertiary/aromatic N) is 3. The number of guanidine groups is 1. The fourth-order valence-corrected chi connectivity index (χ4v) is 3.79. The third kappa shape index (κ3) is 6.01. The number of aryl methyl sites for hydroxylation is 2. The average Bonchev–Trinajstić information content (AvgIpc) is 2.80. The first-order valence-electron chi connectivity index (χ1n) is 10.3. The second-order valence-electron chi connectivity index (χ2n) is 7.04. The van der Waals surface area contributed by atoms with E-state index in [0.29, 0.717) is 6.10 Å². The highest BCUT2D eigenvalue weighted by atomic mass is 16.5. The number of ether oxygens (including phenoxy) is 1. The Balaban J connectivity index is 1.76. The first-order chi connectivity index (χ1) is 12.7. The average molecular weight is 364 g/mol. The molecule has 0 unspecified atom stereocenters. The van der Waals surface area contributed by atoms with E-state index in [1.807, 2.05) is 18.8 Å². The molecule has 0 radical (unpaired) electrons. The van der Waals surface area contributed by atoms with Gasteiger partial charge in [0.25, 0.3) is 0 Å². The third-order valence-corrected chi connectivity index (χ3v) is 5.23. The Morgan fingerprint density at radius 3 is 2.50 bits per heavy atom. The zero-order valence-corrected chi connectivity index (χ0v) is 17.1. The van der Waals surface area contributed by atoms with Gasteiger partial charge >= 0.3 is 0 Å². The Morgan fingerprint density at radius 2 is 1.88 bits per heavy atom. The first-order valence-corrected chi connectivity index (χ1v) is 10.3. The molecule has 0 spiro atoms. The van der Waals surface area contributed by atoms with Gasteiger partial charge in [0, 0.05) is 38.4 Å². The molecule has 2 N–H and O–H groups in total. The topological polar surface area (TPSA) is 63.5 Å². The van der Waals surface area contributed by atoms with Crippen molar-refractivity contribution in [1.82, 2.24) is 20.4 Å². The maximum atomic E-state index is 6.04. The molecule has 1 aliphatic rings. The minimum absolute atomic E-state index is 0.448. The number of aliphatic imine (C=N–C) groups is 1. The lowest BCUT2D eigenvalue weighted by molar-refractivity contribution is 0.0468. The van der Waals surface area contributed by atoms with Crippen LogP contribution in [0.1, 0.15) is 69.3 Å². The Labute approximate surface area is 158 Å². The predicted molar refractivity (Wildman–Crippen MR) is 108 cm³/mol. The summed E-state index contributed by atoms with van der Waals surface area (Å²) >= 11 is 0. The van der Waals surface area contributed by atoms with Gasteiger partial charge in [0.1, 0.15) is 0 Å². The van der Waals surface area contributed by atoms with Gasteiger partial charge in [-0.05, 0) is 25.7 Å². The Bertz CT molecular complexity index is 559. The van der Waals surface area contributed by atoms with E-state index < -0.39 is 0 Å². The van der Waals surface area contributed by atoms with Crippen LogP contribution in [0.4, 0.5) is 0 Å². The largest absolute Gasteiger partial charge is 0.376 e. The number of nitrogens with one attached hydrogen (secondary N) is 2. The quantitative estimate of drug-likeness (QED) is 0.323. The van der Waals surface area contributed by atoms with Crippen molar-refractivity contribution in [2.45, 2.75) is 77.9 Å². The van der Waals surface area contributed by atoms with E-state index in [2.05, 4.69) is 34.6 Å². The zero-order valence-electron chi connectivity index (χ0n) is 17.1. The van der Waals surface area contributed by atoms with Crippen LogP contribution >= 0.6 is 0 Å². The number of hydrogen-bond donors (Lipinski definition) is 2. The van der Waals surface area contributed by atoms with Gasteiger partial charge in [-0.1, -0.05) is 39.5 Å². The van der Waals surface area contributed by atoms with Crippen molar-refractivity contribution in [1.29, 1.82) is 0 Å². The number of rotatable bonds is 8. The Kier molecular flexibility index (Phi) is 8.95. The molecule has 6 heteroatoms. The molecule has 0 amide bonds. The van der Waals surface area contributed by atoms with Crippen LogP contribution in [0.3, 0.4) is 0 Å². The second kappa shape index (κ2) is 11.2. The second-order valence-corrected chi connectivity index (χ2v) is 7.04. The van der Waals surface area contributed by atoms with Crippen LogP contribution < -0.4 is 10.6 Å². The summed E-state index contributed by atoms with van der Waals surface area (Å²) < 4.78 is 8.04. The molecule has 0 aliphatic heterocycles. The minimum Gasteiger partial charge on any atom is -0.376 e. The van der Waals surface area contributed by atoms with Crippen molar-refractivity contribution in [2.24, 2.45) is 12.0 Å². The summed E-state index contributed by atoms with van der Waals surface area (Å²) in [6.07, 6.45) is 10.2. The summed E-state index contributed by atoms with van der Waals surface area (Å²) in [6, 6.07) is 0. The van der Waals surface area contributed by atoms with Gasteiger partial charge < -0.3 is 15.4 Å². The molecule has 148 valence electrons. The molecule has 26 heavy (non-hydrogen) atoms. The Hall–Kier alpha value is -1.56. The smallest absolute Gasteiger partial charge is 0.191 e. The minimum atomic E-state index is 0.448. The molecule has 6 nitrogen and oxygen atoms in total. The molecule has 1 aromatic rings. The molecule has 1 fully saturated rings. The number of hydrogen-bond acceptors (Lipinski definition) is 3. The van der Waals surface area contributed by atoms with E-state index in [1.165, 1.54) is 55.5 Å². The molecule has 0 bridgehead atoms. The van der Waals surface area contributed by atoms with Crippen LogP contribution in [0.2, 0.25) is 0 Å². The summed E-state index contributed by atoms with van der Waals surface area (Å²) in [4.78, 5) is 4.33. The fourth-order valence-electron chi connectivity index (χ4n) is 3.79. The maximum absolute atomic E-state index is 6.04. The summed E-state index contributed by atoms with van der Waals surface area (Å²) in [6.45, 7) is 6.60. The van der Waals surface area contributed by atoms with Gasteiger partial charge in [-0.3, -0.25) is 9.67 Å². The van der Waals surface area contributed by atoms with E-state index in [0.717, 1.165) is 38.5 Å². The summed E-state index contributed by atoms with van der Waals surface area (Å²) in [5, 5.41) is 11.4. The SMILES string of the molecule is CCc1nn(C)c(CC)c1CNC(=NC)NCCOC1CCCCCC1. The van der Waals surface area contributed by atoms with Crippen molar-refractivity contribution in [3.8, 4) is 0 Å². The van der Waals surface area contributed by atoms with Crippen LogP contribution in [0, 0.1) is 0 Å². The lowest BCUT2D eigenvalue weighted by Gasteiger charge is -2.17. The van der Waals surface area contributed by atoms with Crippen molar-refractivity contribution >= 4 is 5.96 Å². The summed E-state index contributed by atoms with van der Waals surface area (Å²) in [5.74, 6) is 0.822. The molecule has 0 aromatic carbocycles. The monoisotopic (exact) mass is 363 g/mol. The van der Waals surface area contributed by atoms with E-state index in [1.54, 1.807) is 0 Å². The molecular weight excluding hydrogens is 326 g/mol. The molecular formula is C20H37N5O. The maximum Gasteiger partial charge on any atom is 0.191 e. The zero-order chi connectivity index (χ0) is 18.8. The molecule has 1 saturated carbocycles. The van der Waals surface area contributed by atoms with Gasteiger partial charge in [0.15, 0.2) is 5.96 Å². The van der Waals surface area contributed by atoms with Crippen LogP contribution in [0.15, 0.2) is 4.99 Å². The predicted octanol–water partition coefficient (Wildman–Crippen LogP) is 2.95. The highest BCUT2D eigenvalue weighted by Crippen LogP contribution is 2.19. The molecule has 0 saturated heterocycles. The first kappa shape index (κ1) is 20.7. The van der Waals surface area contributed by atoms with Gasteiger partial charge in [0.05, 0.1) is 18.4 Å². The van der Waals surface area contributed by atoms with E-state index in [4.69, 9.17) is 4.74 Å². The van der Waals surface area contributed by atoms with E-state index >= 15 is 0 Å². The van der Waals surface area contributed by atoms with Gasteiger partial charge in [-0.15, -0.1) is 0 Å². The standard InChI is InChI=1S/C20H37N5O/c1-5-18-17(19(6-2)25(4)24-18)15-23-20(21-3)22-13-14-26-16-11-9-7-8-10-12-16/h16H,5-15H2,1-4H3,(H2,21,22,23). The third-order valence-electron chi connectivity index (χ3n) is 5.23. The fraction of sp³-hybridized carbons (Fsp3) is 0.800. The highest BCUT2D eigenvalue weighted by Gasteiger charge is 2.14. The normalized spacial score (nSPS) is 16.5. The van der Waals surface area contributed by atoms with E-state index in [-0.39, 0.29) is 0 Å². The Morgan fingerprint density at radius 1 is 1.15 bits per heavy atom. The molecule has 1 aliphatic carbocycles. The lowest BCUT2D eigenvalue weighted by atomic mass is 10.1. The van der Waals surface area contributed by atoms with Crippen LogP contribution in [0.5, 0.6) is 0 Å². The van der Waals surface area contributed by atoms with Crippen molar-refractivity contribution < 1.29 is 4.74 Å². The van der Waals surface area contributed by atoms with Gasteiger partial charge in [0.2, 0.25) is 0 Å². The van der Waals surface area contributed by atoms with Crippen LogP contribution in [-0.4, -0.2) is 42.0 Å². The highest BCUT2D eigenvalue weighted by molar-refractivity contribution is 5.79. The van der Waals surface area contributed by atoms with Crippen LogP contribution in [0.25, 0.3) is 0 Å². The number of aromatic nitrogens is 2. The summed E-state index contributed by atoms with van der Waals surface area (Å²) in [7, 11) is 3.84. The lowest BCUT2D eigenvalue weighted by Crippen LogP contribution is -2.39.